The number of halogens is 3. The fourth-order valence-electron chi connectivity index (χ4n) is 3.82. The molecular formula is C28H25Cl3N4O4S2. The van der Waals surface area contributed by atoms with Gasteiger partial charge in [0.1, 0.15) is 22.1 Å². The number of nitrogens with zero attached hydrogens (tertiary/aromatic N) is 3. The van der Waals surface area contributed by atoms with Crippen LogP contribution in [0.1, 0.15) is 22.6 Å². The smallest absolute Gasteiger partial charge is 0.341 e. The van der Waals surface area contributed by atoms with E-state index >= 15 is 0 Å². The van der Waals surface area contributed by atoms with E-state index in [-0.39, 0.29) is 17.2 Å². The van der Waals surface area contributed by atoms with Crippen molar-refractivity contribution in [1.29, 1.82) is 0 Å². The predicted molar refractivity (Wildman–Crippen MR) is 166 cm³/mol. The van der Waals surface area contributed by atoms with Gasteiger partial charge in [0.15, 0.2) is 5.16 Å². The first kappa shape index (κ1) is 30.9. The highest BCUT2D eigenvalue weighted by Gasteiger charge is 2.23. The Bertz CT molecular complexity index is 1540. The van der Waals surface area contributed by atoms with E-state index in [1.165, 1.54) is 30.2 Å². The molecular weight excluding hydrogens is 627 g/mol. The third-order valence-corrected chi connectivity index (χ3v) is 8.37. The van der Waals surface area contributed by atoms with E-state index in [1.54, 1.807) is 53.9 Å². The molecule has 2 aromatic carbocycles. The summed E-state index contributed by atoms with van der Waals surface area (Å²) in [5, 5.41) is 15.8. The molecule has 4 aromatic rings. The number of thioether (sulfide) groups is 1. The first-order valence-corrected chi connectivity index (χ1v) is 15.3. The molecule has 1 N–H and O–H groups in total. The van der Waals surface area contributed by atoms with Gasteiger partial charge in [-0.2, -0.15) is 0 Å². The Labute approximate surface area is 260 Å². The summed E-state index contributed by atoms with van der Waals surface area (Å²) < 4.78 is 12.7. The summed E-state index contributed by atoms with van der Waals surface area (Å²) in [6.07, 6.45) is 3.02. The minimum atomic E-state index is -0.545. The van der Waals surface area contributed by atoms with Gasteiger partial charge in [-0.15, -0.1) is 28.1 Å². The Morgan fingerprint density at radius 3 is 2.59 bits per heavy atom. The number of allylic oxidation sites excluding steroid dienone is 1. The number of benzene rings is 2. The number of thiophene rings is 1. The van der Waals surface area contributed by atoms with Crippen molar-refractivity contribution >= 4 is 74.8 Å². The van der Waals surface area contributed by atoms with E-state index in [9.17, 15) is 9.59 Å². The molecule has 13 heteroatoms. The van der Waals surface area contributed by atoms with Gasteiger partial charge in [0, 0.05) is 34.0 Å². The molecule has 0 bridgehead atoms. The first-order chi connectivity index (χ1) is 19.8. The molecule has 41 heavy (non-hydrogen) atoms. The number of nitrogens with one attached hydrogen (secondary N) is 1. The van der Waals surface area contributed by atoms with Crippen LogP contribution in [0.15, 0.2) is 65.7 Å². The summed E-state index contributed by atoms with van der Waals surface area (Å²) in [6, 6.07) is 12.2. The molecule has 0 unspecified atom stereocenters. The minimum absolute atomic E-state index is 0.0578. The zero-order chi connectivity index (χ0) is 29.4. The van der Waals surface area contributed by atoms with Crippen LogP contribution in [0.3, 0.4) is 0 Å². The third-order valence-electron chi connectivity index (χ3n) is 5.72. The lowest BCUT2D eigenvalue weighted by Crippen LogP contribution is -2.16. The van der Waals surface area contributed by atoms with Crippen LogP contribution in [-0.2, 0) is 22.5 Å². The van der Waals surface area contributed by atoms with Gasteiger partial charge in [-0.1, -0.05) is 64.8 Å². The van der Waals surface area contributed by atoms with Crippen LogP contribution in [0.5, 0.6) is 5.75 Å². The zero-order valence-electron chi connectivity index (χ0n) is 21.9. The second kappa shape index (κ2) is 14.7. The Balaban J connectivity index is 1.37. The lowest BCUT2D eigenvalue weighted by atomic mass is 10.0. The largest absolute Gasteiger partial charge is 0.492 e. The summed E-state index contributed by atoms with van der Waals surface area (Å²) in [5.41, 5.74) is 1.73. The lowest BCUT2D eigenvalue weighted by Gasteiger charge is -2.10. The maximum atomic E-state index is 12.9. The van der Waals surface area contributed by atoms with Crippen molar-refractivity contribution in [1.82, 2.24) is 14.8 Å². The number of aryl methyl sites for hydroxylation is 1. The number of hydrogen-bond donors (Lipinski definition) is 1. The molecule has 4 rings (SSSR count). The van der Waals surface area contributed by atoms with Crippen LogP contribution in [-0.4, -0.2) is 46.1 Å². The number of amides is 1. The minimum Gasteiger partial charge on any atom is -0.492 e. The Hall–Kier alpha value is -3.02. The standard InChI is InChI=1S/C28H25Cl3N4O4S2/c1-3-12-35-23(5-4-13-39-22-11-10-19(30)14-21(22)31)33-34-28(35)41-16-24(36)32-26-25(27(37)38-2)20(15-40-26)17-6-8-18(29)9-7-17/h3,6-11,14-15H,1,4-5,12-13,16H2,2H3,(H,32,36). The fourth-order valence-corrected chi connectivity index (χ4v) is 6.15. The highest BCUT2D eigenvalue weighted by Crippen LogP contribution is 2.37. The topological polar surface area (TPSA) is 95.3 Å². The van der Waals surface area contributed by atoms with Gasteiger partial charge >= 0.3 is 5.97 Å². The Morgan fingerprint density at radius 2 is 1.88 bits per heavy atom. The van der Waals surface area contributed by atoms with Crippen LogP contribution < -0.4 is 10.1 Å². The van der Waals surface area contributed by atoms with Crippen LogP contribution in [0.25, 0.3) is 11.1 Å². The molecule has 0 aliphatic rings. The number of hydrogen-bond acceptors (Lipinski definition) is 8. The highest BCUT2D eigenvalue weighted by molar-refractivity contribution is 7.99. The van der Waals surface area contributed by atoms with Crippen molar-refractivity contribution in [3.05, 3.63) is 87.0 Å². The van der Waals surface area contributed by atoms with E-state index in [4.69, 9.17) is 44.3 Å². The number of carbonyl (C=O) groups is 2. The van der Waals surface area contributed by atoms with Crippen molar-refractivity contribution in [3.8, 4) is 16.9 Å². The monoisotopic (exact) mass is 650 g/mol. The second-order valence-corrected chi connectivity index (χ2v) is 11.6. The Kier molecular flexibility index (Phi) is 11.1. The second-order valence-electron chi connectivity index (χ2n) is 8.51. The van der Waals surface area contributed by atoms with Crippen molar-refractivity contribution in [3.63, 3.8) is 0 Å². The quantitative estimate of drug-likeness (QED) is 0.0686. The number of rotatable bonds is 13. The van der Waals surface area contributed by atoms with Crippen LogP contribution in [0.4, 0.5) is 5.00 Å². The average molecular weight is 652 g/mol. The van der Waals surface area contributed by atoms with Gasteiger partial charge in [0.2, 0.25) is 5.91 Å². The molecule has 2 heterocycles. The van der Waals surface area contributed by atoms with Gasteiger partial charge in [-0.3, -0.25) is 4.79 Å². The lowest BCUT2D eigenvalue weighted by molar-refractivity contribution is -0.113. The van der Waals surface area contributed by atoms with Crippen LogP contribution in [0.2, 0.25) is 15.1 Å². The molecule has 0 saturated heterocycles. The van der Waals surface area contributed by atoms with Crippen LogP contribution in [0, 0.1) is 0 Å². The van der Waals surface area contributed by atoms with Crippen molar-refractivity contribution in [2.45, 2.75) is 24.5 Å². The molecule has 0 fully saturated rings. The molecule has 0 spiro atoms. The zero-order valence-corrected chi connectivity index (χ0v) is 25.8. The summed E-state index contributed by atoms with van der Waals surface area (Å²) in [5.74, 6) is 0.525. The van der Waals surface area contributed by atoms with Crippen LogP contribution >= 0.6 is 57.9 Å². The molecule has 0 aliphatic carbocycles. The normalized spacial score (nSPS) is 10.8. The molecule has 0 aliphatic heterocycles. The molecule has 8 nitrogen and oxygen atoms in total. The van der Waals surface area contributed by atoms with Gasteiger partial charge in [-0.05, 0) is 42.3 Å². The maximum absolute atomic E-state index is 12.9. The first-order valence-electron chi connectivity index (χ1n) is 12.3. The average Bonchev–Trinajstić information content (AvgIpc) is 3.55. The van der Waals surface area contributed by atoms with E-state index in [1.807, 2.05) is 4.57 Å². The van der Waals surface area contributed by atoms with Gasteiger partial charge in [-0.25, -0.2) is 4.79 Å². The summed E-state index contributed by atoms with van der Waals surface area (Å²) in [6.45, 7) is 4.73. The number of anilines is 1. The number of methoxy groups -OCH3 is 1. The summed E-state index contributed by atoms with van der Waals surface area (Å²) in [7, 11) is 1.30. The highest BCUT2D eigenvalue weighted by atomic mass is 35.5. The number of carbonyl (C=O) groups excluding carboxylic acids is 2. The number of ether oxygens (including phenoxy) is 2. The van der Waals surface area contributed by atoms with Crippen molar-refractivity contribution < 1.29 is 19.1 Å². The third kappa shape index (κ3) is 8.05. The van der Waals surface area contributed by atoms with E-state index in [0.717, 1.165) is 11.4 Å². The van der Waals surface area contributed by atoms with Gasteiger partial charge < -0.3 is 19.4 Å². The molecule has 0 saturated carbocycles. The molecule has 0 atom stereocenters. The molecule has 0 radical (unpaired) electrons. The molecule has 214 valence electrons. The Morgan fingerprint density at radius 1 is 1.12 bits per heavy atom. The number of aromatic nitrogens is 3. The molecule has 2 aromatic heterocycles. The predicted octanol–water partition coefficient (Wildman–Crippen LogP) is 7.68. The summed E-state index contributed by atoms with van der Waals surface area (Å²) >= 11 is 20.6. The van der Waals surface area contributed by atoms with Gasteiger partial charge in [0.25, 0.3) is 0 Å². The fraction of sp³-hybridized carbons (Fsp3) is 0.214. The molecule has 1 amide bonds. The SMILES string of the molecule is C=CCn1c(CCCOc2ccc(Cl)cc2Cl)nnc1SCC(=O)Nc1scc(-c2ccc(Cl)cc2)c1C(=O)OC. The van der Waals surface area contributed by atoms with E-state index in [0.29, 0.717) is 62.5 Å². The maximum Gasteiger partial charge on any atom is 0.341 e. The van der Waals surface area contributed by atoms with E-state index in [2.05, 4.69) is 22.1 Å². The van der Waals surface area contributed by atoms with Crippen molar-refractivity contribution in [2.24, 2.45) is 0 Å². The summed E-state index contributed by atoms with van der Waals surface area (Å²) in [4.78, 5) is 25.5. The van der Waals surface area contributed by atoms with E-state index < -0.39 is 5.97 Å². The van der Waals surface area contributed by atoms with Crippen molar-refractivity contribution in [2.75, 3.05) is 24.8 Å². The number of esters is 1. The van der Waals surface area contributed by atoms with Gasteiger partial charge in [0.05, 0.1) is 24.5 Å².